The molecule has 0 bridgehead atoms. The SMILES string of the molecule is C[C@@H]1CCCC[C@H]1N(C)c1cc2c(cc1F)C(=O)N(C1CCC(=O)NC1=O)C2=O. The van der Waals surface area contributed by atoms with Crippen LogP contribution in [0.5, 0.6) is 0 Å². The van der Waals surface area contributed by atoms with Crippen molar-refractivity contribution >= 4 is 29.3 Å². The number of nitrogens with one attached hydrogen (secondary N) is 1. The number of anilines is 1. The molecule has 4 amide bonds. The molecule has 4 rings (SSSR count). The van der Waals surface area contributed by atoms with Crippen molar-refractivity contribution in [2.24, 2.45) is 5.92 Å². The fourth-order valence-corrected chi connectivity index (χ4v) is 4.80. The number of amides is 4. The van der Waals surface area contributed by atoms with Crippen LogP contribution in [0.4, 0.5) is 10.1 Å². The standard InChI is InChI=1S/C21H24FN3O4/c1-11-5-3-4-6-15(11)24(2)17-10-13-12(9-14(17)22)20(28)25(21(13)29)16-7-8-18(26)23-19(16)27/h9-11,15-16H,3-8H2,1-2H3,(H,23,26,27)/t11-,15-,16?/m1/s1. The van der Waals surface area contributed by atoms with Gasteiger partial charge in [0.05, 0.1) is 16.8 Å². The Morgan fingerprint density at radius 3 is 2.34 bits per heavy atom. The van der Waals surface area contributed by atoms with Crippen LogP contribution < -0.4 is 10.2 Å². The lowest BCUT2D eigenvalue weighted by Crippen LogP contribution is -2.54. The number of imide groups is 2. The number of rotatable bonds is 3. The highest BCUT2D eigenvalue weighted by Crippen LogP contribution is 2.36. The summed E-state index contributed by atoms with van der Waals surface area (Å²) in [7, 11) is 1.82. The fraction of sp³-hybridized carbons (Fsp3) is 0.524. The van der Waals surface area contributed by atoms with E-state index in [1.165, 1.54) is 6.07 Å². The second-order valence-electron chi connectivity index (χ2n) is 8.24. The normalized spacial score (nSPS) is 27.1. The molecule has 2 heterocycles. The average molecular weight is 401 g/mol. The molecule has 0 aromatic heterocycles. The van der Waals surface area contributed by atoms with Gasteiger partial charge in [0.25, 0.3) is 11.8 Å². The predicted octanol–water partition coefficient (Wildman–Crippen LogP) is 2.24. The number of hydrogen-bond donors (Lipinski definition) is 1. The third-order valence-corrected chi connectivity index (χ3v) is 6.45. The summed E-state index contributed by atoms with van der Waals surface area (Å²) in [6, 6.07) is 1.64. The van der Waals surface area contributed by atoms with Crippen LogP contribution in [0, 0.1) is 11.7 Å². The topological polar surface area (TPSA) is 86.8 Å². The Labute approximate surface area is 168 Å². The molecule has 2 fully saturated rings. The number of carbonyl (C=O) groups is 4. The van der Waals surface area contributed by atoms with Crippen LogP contribution in [0.2, 0.25) is 0 Å². The lowest BCUT2D eigenvalue weighted by Gasteiger charge is -2.38. The number of halogens is 1. The van der Waals surface area contributed by atoms with Crippen molar-refractivity contribution in [1.29, 1.82) is 0 Å². The lowest BCUT2D eigenvalue weighted by atomic mass is 9.85. The van der Waals surface area contributed by atoms with Crippen LogP contribution in [-0.4, -0.2) is 47.7 Å². The zero-order chi connectivity index (χ0) is 20.9. The van der Waals surface area contributed by atoms with E-state index in [1.807, 2.05) is 11.9 Å². The van der Waals surface area contributed by atoms with Crippen LogP contribution in [0.1, 0.15) is 66.2 Å². The maximum Gasteiger partial charge on any atom is 0.262 e. The number of fused-ring (bicyclic) bond motifs is 1. The molecule has 1 aromatic carbocycles. The second-order valence-corrected chi connectivity index (χ2v) is 8.24. The molecule has 29 heavy (non-hydrogen) atoms. The van der Waals surface area contributed by atoms with Gasteiger partial charge in [0, 0.05) is 19.5 Å². The molecule has 1 unspecified atom stereocenters. The maximum absolute atomic E-state index is 14.9. The zero-order valence-electron chi connectivity index (χ0n) is 16.5. The summed E-state index contributed by atoms with van der Waals surface area (Å²) in [5, 5.41) is 2.16. The highest BCUT2D eigenvalue weighted by molar-refractivity contribution is 6.23. The van der Waals surface area contributed by atoms with E-state index in [2.05, 4.69) is 12.2 Å². The van der Waals surface area contributed by atoms with Crippen LogP contribution in [0.3, 0.4) is 0 Å². The Morgan fingerprint density at radius 1 is 1.03 bits per heavy atom. The molecule has 1 aromatic rings. The third kappa shape index (κ3) is 3.20. The van der Waals surface area contributed by atoms with Gasteiger partial charge in [0.2, 0.25) is 11.8 Å². The first kappa shape index (κ1) is 19.5. The molecule has 2 aliphatic heterocycles. The summed E-state index contributed by atoms with van der Waals surface area (Å²) in [4.78, 5) is 52.0. The second kappa shape index (κ2) is 7.24. The Hall–Kier alpha value is -2.77. The first-order valence-electron chi connectivity index (χ1n) is 10.1. The first-order chi connectivity index (χ1) is 13.8. The van der Waals surface area contributed by atoms with Crippen molar-refractivity contribution in [1.82, 2.24) is 10.2 Å². The van der Waals surface area contributed by atoms with Gasteiger partial charge >= 0.3 is 0 Å². The minimum absolute atomic E-state index is 0.0361. The van der Waals surface area contributed by atoms with Gasteiger partial charge in [-0.25, -0.2) is 4.39 Å². The molecular formula is C21H24FN3O4. The van der Waals surface area contributed by atoms with Gasteiger partial charge in [-0.15, -0.1) is 0 Å². The van der Waals surface area contributed by atoms with E-state index in [4.69, 9.17) is 0 Å². The smallest absolute Gasteiger partial charge is 0.262 e. The van der Waals surface area contributed by atoms with Crippen molar-refractivity contribution in [2.45, 2.75) is 57.5 Å². The Morgan fingerprint density at radius 2 is 1.69 bits per heavy atom. The zero-order valence-corrected chi connectivity index (χ0v) is 16.5. The van der Waals surface area contributed by atoms with Gasteiger partial charge in [-0.05, 0) is 37.3 Å². The Balaban J connectivity index is 1.66. The molecular weight excluding hydrogens is 377 g/mol. The van der Waals surface area contributed by atoms with Gasteiger partial charge in [0.15, 0.2) is 0 Å². The van der Waals surface area contributed by atoms with Gasteiger partial charge in [0.1, 0.15) is 11.9 Å². The number of nitrogens with zero attached hydrogens (tertiary/aromatic N) is 2. The molecule has 1 N–H and O–H groups in total. The predicted molar refractivity (Wildman–Crippen MR) is 103 cm³/mol. The van der Waals surface area contributed by atoms with E-state index in [9.17, 15) is 23.6 Å². The first-order valence-corrected chi connectivity index (χ1v) is 10.1. The highest BCUT2D eigenvalue weighted by Gasteiger charge is 2.45. The number of hydrogen-bond acceptors (Lipinski definition) is 5. The third-order valence-electron chi connectivity index (χ3n) is 6.45. The minimum atomic E-state index is -1.05. The van der Waals surface area contributed by atoms with Crippen molar-refractivity contribution in [3.8, 4) is 0 Å². The lowest BCUT2D eigenvalue weighted by molar-refractivity contribution is -0.136. The van der Waals surface area contributed by atoms with Crippen LogP contribution in [0.25, 0.3) is 0 Å². The average Bonchev–Trinajstić information content (AvgIpc) is 2.91. The monoisotopic (exact) mass is 401 g/mol. The molecule has 1 saturated carbocycles. The van der Waals surface area contributed by atoms with Crippen molar-refractivity contribution in [3.05, 3.63) is 29.1 Å². The number of carbonyl (C=O) groups excluding carboxylic acids is 4. The van der Waals surface area contributed by atoms with Crippen molar-refractivity contribution in [3.63, 3.8) is 0 Å². The minimum Gasteiger partial charge on any atom is -0.369 e. The summed E-state index contributed by atoms with van der Waals surface area (Å²) in [6.45, 7) is 2.14. The molecule has 154 valence electrons. The molecule has 8 heteroatoms. The van der Waals surface area contributed by atoms with Gasteiger partial charge < -0.3 is 4.90 Å². The van der Waals surface area contributed by atoms with E-state index in [0.717, 1.165) is 36.6 Å². The molecule has 3 atom stereocenters. The summed E-state index contributed by atoms with van der Waals surface area (Å²) < 4.78 is 14.9. The van der Waals surface area contributed by atoms with Crippen molar-refractivity contribution < 1.29 is 23.6 Å². The maximum atomic E-state index is 14.9. The summed E-state index contributed by atoms with van der Waals surface area (Å²) >= 11 is 0. The molecule has 0 radical (unpaired) electrons. The van der Waals surface area contributed by atoms with Gasteiger partial charge in [-0.3, -0.25) is 29.4 Å². The molecule has 1 saturated heterocycles. The summed E-state index contributed by atoms with van der Waals surface area (Å²) in [6.07, 6.45) is 4.38. The largest absolute Gasteiger partial charge is 0.369 e. The molecule has 7 nitrogen and oxygen atoms in total. The Bertz CT molecular complexity index is 915. The Kier molecular flexibility index (Phi) is 4.88. The molecule has 1 aliphatic carbocycles. The van der Waals surface area contributed by atoms with Crippen molar-refractivity contribution in [2.75, 3.05) is 11.9 Å². The van der Waals surface area contributed by atoms with E-state index >= 15 is 0 Å². The number of piperidine rings is 1. The quantitative estimate of drug-likeness (QED) is 0.785. The van der Waals surface area contributed by atoms with Gasteiger partial charge in [-0.2, -0.15) is 0 Å². The summed E-state index contributed by atoms with van der Waals surface area (Å²) in [5.74, 6) is -2.58. The fourth-order valence-electron chi connectivity index (χ4n) is 4.80. The van der Waals surface area contributed by atoms with Crippen LogP contribution in [0.15, 0.2) is 12.1 Å². The van der Waals surface area contributed by atoms with E-state index < -0.39 is 35.5 Å². The van der Waals surface area contributed by atoms with E-state index in [-0.39, 0.29) is 35.7 Å². The summed E-state index contributed by atoms with van der Waals surface area (Å²) in [5.41, 5.74) is 0.353. The van der Waals surface area contributed by atoms with E-state index in [0.29, 0.717) is 5.92 Å². The van der Waals surface area contributed by atoms with E-state index in [1.54, 1.807) is 0 Å². The molecule has 0 spiro atoms. The highest BCUT2D eigenvalue weighted by atomic mass is 19.1. The van der Waals surface area contributed by atoms with Crippen LogP contribution in [-0.2, 0) is 9.59 Å². The number of benzene rings is 1. The van der Waals surface area contributed by atoms with Crippen LogP contribution >= 0.6 is 0 Å². The molecule has 3 aliphatic rings. The van der Waals surface area contributed by atoms with Gasteiger partial charge in [-0.1, -0.05) is 19.8 Å².